The Balaban J connectivity index is 4.48. The van der Waals surface area contributed by atoms with Crippen molar-refractivity contribution in [3.63, 3.8) is 0 Å². The van der Waals surface area contributed by atoms with Crippen molar-refractivity contribution >= 4 is 7.41 Å². The second-order valence-electron chi connectivity index (χ2n) is 5.47. The molecule has 0 bridgehead atoms. The molecule has 0 rings (SSSR count). The van der Waals surface area contributed by atoms with Crippen LogP contribution < -0.4 is 0 Å². The molecule has 2 heteroatoms. The van der Waals surface area contributed by atoms with Crippen LogP contribution in [0.3, 0.4) is 0 Å². The van der Waals surface area contributed by atoms with Gasteiger partial charge in [-0.25, -0.2) is 0 Å². The number of terminal acetylenes is 1. The van der Waals surface area contributed by atoms with Crippen LogP contribution in [-0.4, -0.2) is 24.3 Å². The monoisotopic (exact) mass is 192 g/mol. The number of hydrogen-bond donors (Lipinski definition) is 0. The maximum absolute atomic E-state index is 5.37. The normalized spacial score (nSPS) is 12.7. The highest BCUT2D eigenvalue weighted by molar-refractivity contribution is 6.36. The molecule has 0 aliphatic carbocycles. The van der Waals surface area contributed by atoms with Crippen LogP contribution in [0.2, 0.25) is 5.31 Å². The van der Waals surface area contributed by atoms with Gasteiger partial charge >= 0.3 is 0 Å². The molecule has 0 saturated carbocycles. The quantitative estimate of drug-likeness (QED) is 0.489. The largest absolute Gasteiger partial charge is 0.332 e. The zero-order valence-electron chi connectivity index (χ0n) is 10.5. The van der Waals surface area contributed by atoms with Crippen molar-refractivity contribution in [2.45, 2.75) is 58.8 Å². The molecule has 0 unspecified atom stereocenters. The molecule has 1 nitrogen and oxygen atoms in total. The summed E-state index contributed by atoms with van der Waals surface area (Å²) in [6, 6.07) is 0. The minimum atomic E-state index is 0.110. The molecule has 1 radical (unpaired) electrons. The fraction of sp³-hybridized carbons (Fsp3) is 0.833. The zero-order valence-corrected chi connectivity index (χ0v) is 10.5. The summed E-state index contributed by atoms with van der Waals surface area (Å²) in [6.07, 6.45) is 6.50. The van der Waals surface area contributed by atoms with Gasteiger partial charge < -0.3 is 4.81 Å². The van der Waals surface area contributed by atoms with Gasteiger partial charge in [0, 0.05) is 5.54 Å². The summed E-state index contributed by atoms with van der Waals surface area (Å²) in [6.45, 7) is 13.9. The van der Waals surface area contributed by atoms with Gasteiger partial charge in [-0.3, -0.25) is 0 Å². The van der Waals surface area contributed by atoms with E-state index in [1.165, 1.54) is 0 Å². The third-order valence-corrected chi connectivity index (χ3v) is 2.54. The van der Waals surface area contributed by atoms with E-state index in [9.17, 15) is 0 Å². The molecule has 0 spiro atoms. The molecule has 0 aliphatic heterocycles. The molecule has 0 aliphatic rings. The van der Waals surface area contributed by atoms with Gasteiger partial charge in [0.05, 0.1) is 6.54 Å². The van der Waals surface area contributed by atoms with Crippen LogP contribution in [0, 0.1) is 12.3 Å². The zero-order chi connectivity index (χ0) is 11.4. The average Bonchev–Trinajstić information content (AvgIpc) is 2.02. The van der Waals surface area contributed by atoms with Crippen LogP contribution in [0.15, 0.2) is 0 Å². The van der Waals surface area contributed by atoms with Gasteiger partial charge in [0.25, 0.3) is 0 Å². The smallest absolute Gasteiger partial charge is 0.216 e. The molecule has 0 aromatic heterocycles. The van der Waals surface area contributed by atoms with Crippen LogP contribution >= 0.6 is 0 Å². The fourth-order valence-electron chi connectivity index (χ4n) is 1.09. The number of hydrogen-bond acceptors (Lipinski definition) is 1. The SMILES string of the molecule is C#CCN([B]C(C)(C)CC)C(C)(C)C. The van der Waals surface area contributed by atoms with Gasteiger partial charge in [-0.15, -0.1) is 6.42 Å². The maximum atomic E-state index is 5.37. The Morgan fingerprint density at radius 3 is 2.00 bits per heavy atom. The lowest BCUT2D eigenvalue weighted by atomic mass is 9.59. The second kappa shape index (κ2) is 4.89. The molecule has 0 aromatic rings. The van der Waals surface area contributed by atoms with Gasteiger partial charge in [-0.05, 0) is 26.1 Å². The summed E-state index contributed by atoms with van der Waals surface area (Å²) in [5, 5.41) is 0.226. The van der Waals surface area contributed by atoms with Crippen LogP contribution in [0.1, 0.15) is 48.0 Å². The lowest BCUT2D eigenvalue weighted by Gasteiger charge is -2.39. The maximum Gasteiger partial charge on any atom is 0.216 e. The van der Waals surface area contributed by atoms with Crippen molar-refractivity contribution in [3.05, 3.63) is 0 Å². The molecule has 0 atom stereocenters. The fourth-order valence-corrected chi connectivity index (χ4v) is 1.09. The van der Waals surface area contributed by atoms with E-state index in [-0.39, 0.29) is 10.9 Å². The van der Waals surface area contributed by atoms with Gasteiger partial charge in [0.15, 0.2) is 0 Å². The number of rotatable bonds is 4. The molecule has 0 aromatic carbocycles. The first-order valence-corrected chi connectivity index (χ1v) is 5.29. The van der Waals surface area contributed by atoms with Crippen molar-refractivity contribution in [3.8, 4) is 12.3 Å². The summed E-state index contributed by atoms with van der Waals surface area (Å²) in [7, 11) is 2.27. The first kappa shape index (κ1) is 13.6. The standard InChI is InChI=1S/C12H23BN/c1-8-10-14(11(3,4)5)13-12(6,7)9-2/h1H,9-10H2,2-7H3. The van der Waals surface area contributed by atoms with Crippen molar-refractivity contribution in [1.29, 1.82) is 0 Å². The van der Waals surface area contributed by atoms with E-state index >= 15 is 0 Å². The highest BCUT2D eigenvalue weighted by Crippen LogP contribution is 2.29. The molecule has 0 heterocycles. The Morgan fingerprint density at radius 1 is 1.21 bits per heavy atom. The first-order valence-electron chi connectivity index (χ1n) is 5.29. The van der Waals surface area contributed by atoms with Crippen LogP contribution in [0.5, 0.6) is 0 Å². The third-order valence-electron chi connectivity index (χ3n) is 2.54. The second-order valence-corrected chi connectivity index (χ2v) is 5.47. The Morgan fingerprint density at radius 2 is 1.71 bits per heavy atom. The number of nitrogens with zero attached hydrogens (tertiary/aromatic N) is 1. The summed E-state index contributed by atoms with van der Waals surface area (Å²) < 4.78 is 0. The molecule has 0 fully saturated rings. The average molecular weight is 192 g/mol. The van der Waals surface area contributed by atoms with E-state index in [0.717, 1.165) is 6.42 Å². The van der Waals surface area contributed by atoms with E-state index in [1.807, 2.05) is 0 Å². The molecular weight excluding hydrogens is 169 g/mol. The highest BCUT2D eigenvalue weighted by Gasteiger charge is 2.28. The Hall–Kier alpha value is -0.415. The summed E-state index contributed by atoms with van der Waals surface area (Å²) >= 11 is 0. The van der Waals surface area contributed by atoms with Gasteiger partial charge in [-0.2, -0.15) is 0 Å². The topological polar surface area (TPSA) is 3.24 Å². The van der Waals surface area contributed by atoms with Crippen molar-refractivity contribution < 1.29 is 0 Å². The molecule has 14 heavy (non-hydrogen) atoms. The Kier molecular flexibility index (Phi) is 4.75. The Labute approximate surface area is 90.5 Å². The van der Waals surface area contributed by atoms with Crippen LogP contribution in [0.4, 0.5) is 0 Å². The summed E-state index contributed by atoms with van der Waals surface area (Å²) in [5.41, 5.74) is 0.110. The van der Waals surface area contributed by atoms with E-state index in [1.54, 1.807) is 0 Å². The lowest BCUT2D eigenvalue weighted by Crippen LogP contribution is -2.47. The molecule has 0 N–H and O–H groups in total. The van der Waals surface area contributed by atoms with Gasteiger partial charge in [-0.1, -0.05) is 33.1 Å². The van der Waals surface area contributed by atoms with E-state index < -0.39 is 0 Å². The van der Waals surface area contributed by atoms with Crippen molar-refractivity contribution in [2.75, 3.05) is 6.54 Å². The van der Waals surface area contributed by atoms with Crippen LogP contribution in [0.25, 0.3) is 0 Å². The first-order chi connectivity index (χ1) is 6.23. The highest BCUT2D eigenvalue weighted by atomic mass is 15.1. The summed E-state index contributed by atoms with van der Waals surface area (Å²) in [5.74, 6) is 2.72. The third kappa shape index (κ3) is 4.72. The van der Waals surface area contributed by atoms with Crippen molar-refractivity contribution in [2.24, 2.45) is 0 Å². The van der Waals surface area contributed by atoms with E-state index in [2.05, 4.69) is 59.7 Å². The minimum Gasteiger partial charge on any atom is -0.332 e. The predicted octanol–water partition coefficient (Wildman–Crippen LogP) is 2.95. The van der Waals surface area contributed by atoms with Crippen molar-refractivity contribution in [1.82, 2.24) is 4.81 Å². The van der Waals surface area contributed by atoms with E-state index in [4.69, 9.17) is 6.42 Å². The molecule has 79 valence electrons. The summed E-state index contributed by atoms with van der Waals surface area (Å²) in [4.78, 5) is 2.25. The van der Waals surface area contributed by atoms with E-state index in [0.29, 0.717) is 6.54 Å². The predicted molar refractivity (Wildman–Crippen MR) is 65.4 cm³/mol. The molecule has 0 amide bonds. The lowest BCUT2D eigenvalue weighted by molar-refractivity contribution is 0.269. The molecular formula is C12H23BN. The minimum absolute atomic E-state index is 0.110. The van der Waals surface area contributed by atoms with Gasteiger partial charge in [0.1, 0.15) is 0 Å². The molecule has 0 saturated heterocycles. The Bertz CT molecular complexity index is 207. The van der Waals surface area contributed by atoms with Crippen LogP contribution in [-0.2, 0) is 0 Å². The van der Waals surface area contributed by atoms with Gasteiger partial charge in [0.2, 0.25) is 7.41 Å².